The van der Waals surface area contributed by atoms with Gasteiger partial charge in [0.05, 0.1) is 6.04 Å². The van der Waals surface area contributed by atoms with Crippen LogP contribution >= 0.6 is 0 Å². The zero-order valence-corrected chi connectivity index (χ0v) is 12.1. The number of amides is 1. The molecule has 2 aromatic rings. The van der Waals surface area contributed by atoms with Gasteiger partial charge in [0.1, 0.15) is 0 Å². The van der Waals surface area contributed by atoms with Crippen LogP contribution in [-0.2, 0) is 11.2 Å². The zero-order chi connectivity index (χ0) is 14.4. The molecule has 2 nitrogen and oxygen atoms in total. The summed E-state index contributed by atoms with van der Waals surface area (Å²) in [6, 6.07) is 18.3. The van der Waals surface area contributed by atoms with Crippen molar-refractivity contribution in [2.24, 2.45) is 0 Å². The molecule has 1 atom stereocenters. The minimum Gasteiger partial charge on any atom is -0.350 e. The molecular formula is C18H21NO. The second-order valence-electron chi connectivity index (χ2n) is 5.13. The van der Waals surface area contributed by atoms with Crippen LogP contribution in [0.2, 0.25) is 0 Å². The van der Waals surface area contributed by atoms with Gasteiger partial charge in [-0.05, 0) is 37.0 Å². The third-order valence-electron chi connectivity index (χ3n) is 3.52. The lowest BCUT2D eigenvalue weighted by atomic mass is 10.0. The van der Waals surface area contributed by atoms with Crippen LogP contribution in [0, 0.1) is 6.92 Å². The van der Waals surface area contributed by atoms with Crippen LogP contribution in [0.4, 0.5) is 0 Å². The lowest BCUT2D eigenvalue weighted by Crippen LogP contribution is -2.27. The summed E-state index contributed by atoms with van der Waals surface area (Å²) >= 11 is 0. The van der Waals surface area contributed by atoms with Gasteiger partial charge in [-0.3, -0.25) is 4.79 Å². The molecule has 1 unspecified atom stereocenters. The predicted octanol–water partition coefficient (Wildman–Crippen LogP) is 3.81. The Kier molecular flexibility index (Phi) is 4.94. The van der Waals surface area contributed by atoms with Gasteiger partial charge >= 0.3 is 0 Å². The summed E-state index contributed by atoms with van der Waals surface area (Å²) in [6.07, 6.45) is 1.31. The molecule has 1 N–H and O–H groups in total. The Labute approximate surface area is 120 Å². The van der Waals surface area contributed by atoms with Gasteiger partial charge in [-0.1, -0.05) is 54.6 Å². The van der Waals surface area contributed by atoms with Crippen LogP contribution in [0.25, 0.3) is 0 Å². The molecule has 0 radical (unpaired) electrons. The van der Waals surface area contributed by atoms with E-state index in [9.17, 15) is 4.79 Å². The fourth-order valence-electron chi connectivity index (χ4n) is 2.37. The number of benzene rings is 2. The summed E-state index contributed by atoms with van der Waals surface area (Å²) in [5, 5.41) is 3.07. The van der Waals surface area contributed by atoms with Gasteiger partial charge in [0.25, 0.3) is 0 Å². The van der Waals surface area contributed by atoms with Crippen molar-refractivity contribution in [1.29, 1.82) is 0 Å². The fourth-order valence-corrected chi connectivity index (χ4v) is 2.37. The Hall–Kier alpha value is -2.09. The molecule has 0 spiro atoms. The molecule has 0 fully saturated rings. The van der Waals surface area contributed by atoms with E-state index in [-0.39, 0.29) is 11.9 Å². The van der Waals surface area contributed by atoms with Gasteiger partial charge in [0.15, 0.2) is 0 Å². The van der Waals surface area contributed by atoms with Crippen molar-refractivity contribution in [2.45, 2.75) is 32.7 Å². The van der Waals surface area contributed by atoms with Crippen molar-refractivity contribution < 1.29 is 4.79 Å². The second kappa shape index (κ2) is 6.90. The highest BCUT2D eigenvalue weighted by Gasteiger charge is 2.11. The molecule has 2 aromatic carbocycles. The highest BCUT2D eigenvalue weighted by atomic mass is 16.1. The molecule has 1 amide bonds. The fraction of sp³-hybridized carbons (Fsp3) is 0.278. The highest BCUT2D eigenvalue weighted by Crippen LogP contribution is 2.16. The third kappa shape index (κ3) is 3.95. The molecule has 0 aromatic heterocycles. The van der Waals surface area contributed by atoms with Crippen molar-refractivity contribution in [3.05, 3.63) is 71.3 Å². The Morgan fingerprint density at radius 3 is 2.40 bits per heavy atom. The molecule has 0 saturated heterocycles. The minimum atomic E-state index is 0.0551. The maximum atomic E-state index is 12.0. The molecule has 20 heavy (non-hydrogen) atoms. The minimum absolute atomic E-state index is 0.0551. The molecule has 2 heteroatoms. The molecule has 0 aliphatic rings. The molecule has 2 rings (SSSR count). The molecule has 0 aliphatic carbocycles. The number of hydrogen-bond acceptors (Lipinski definition) is 1. The summed E-state index contributed by atoms with van der Waals surface area (Å²) in [6.45, 7) is 4.10. The smallest absolute Gasteiger partial charge is 0.220 e. The molecule has 0 saturated carbocycles. The first-order chi connectivity index (χ1) is 9.66. The van der Waals surface area contributed by atoms with Crippen molar-refractivity contribution in [3.8, 4) is 0 Å². The summed E-state index contributed by atoms with van der Waals surface area (Å²) in [5.74, 6) is 0.101. The van der Waals surface area contributed by atoms with Gasteiger partial charge in [-0.2, -0.15) is 0 Å². The van der Waals surface area contributed by atoms with Crippen LogP contribution < -0.4 is 5.32 Å². The Morgan fingerprint density at radius 1 is 1.05 bits per heavy atom. The normalized spacial score (nSPS) is 11.9. The third-order valence-corrected chi connectivity index (χ3v) is 3.52. The average molecular weight is 267 g/mol. The number of carbonyl (C=O) groups excluding carboxylic acids is 1. The Morgan fingerprint density at radius 2 is 1.70 bits per heavy atom. The van der Waals surface area contributed by atoms with Gasteiger partial charge in [-0.25, -0.2) is 0 Å². The summed E-state index contributed by atoms with van der Waals surface area (Å²) in [5.41, 5.74) is 3.59. The van der Waals surface area contributed by atoms with E-state index in [0.29, 0.717) is 6.42 Å². The van der Waals surface area contributed by atoms with Crippen LogP contribution in [0.1, 0.15) is 36.1 Å². The number of nitrogens with one attached hydrogen (secondary N) is 1. The van der Waals surface area contributed by atoms with E-state index in [4.69, 9.17) is 0 Å². The van der Waals surface area contributed by atoms with Crippen LogP contribution in [0.5, 0.6) is 0 Å². The molecule has 104 valence electrons. The van der Waals surface area contributed by atoms with Crippen molar-refractivity contribution in [3.63, 3.8) is 0 Å². The number of carbonyl (C=O) groups is 1. The van der Waals surface area contributed by atoms with Crippen LogP contribution in [-0.4, -0.2) is 5.91 Å². The highest BCUT2D eigenvalue weighted by molar-refractivity contribution is 5.76. The van der Waals surface area contributed by atoms with Gasteiger partial charge < -0.3 is 5.32 Å². The Bertz CT molecular complexity index is 563. The van der Waals surface area contributed by atoms with Crippen molar-refractivity contribution in [1.82, 2.24) is 5.32 Å². The van der Waals surface area contributed by atoms with E-state index < -0.39 is 0 Å². The standard InChI is InChI=1S/C18H21NO/c1-14-8-6-7-11-17(14)15(2)19-18(20)13-12-16-9-4-3-5-10-16/h3-11,15H,12-13H2,1-2H3,(H,19,20). The van der Waals surface area contributed by atoms with E-state index in [0.717, 1.165) is 6.42 Å². The van der Waals surface area contributed by atoms with E-state index >= 15 is 0 Å². The van der Waals surface area contributed by atoms with E-state index in [1.807, 2.05) is 37.3 Å². The molecule has 0 heterocycles. The summed E-state index contributed by atoms with van der Waals surface area (Å²) in [7, 11) is 0. The average Bonchev–Trinajstić information content (AvgIpc) is 2.46. The van der Waals surface area contributed by atoms with Crippen molar-refractivity contribution >= 4 is 5.91 Å². The monoisotopic (exact) mass is 267 g/mol. The first kappa shape index (κ1) is 14.3. The molecule has 0 aliphatic heterocycles. The van der Waals surface area contributed by atoms with Gasteiger partial charge in [0.2, 0.25) is 5.91 Å². The topological polar surface area (TPSA) is 29.1 Å². The van der Waals surface area contributed by atoms with Gasteiger partial charge in [-0.15, -0.1) is 0 Å². The first-order valence-electron chi connectivity index (χ1n) is 7.05. The van der Waals surface area contributed by atoms with E-state index in [1.54, 1.807) is 0 Å². The number of hydrogen-bond donors (Lipinski definition) is 1. The Balaban J connectivity index is 1.87. The quantitative estimate of drug-likeness (QED) is 0.877. The molecule has 0 bridgehead atoms. The van der Waals surface area contributed by atoms with Crippen molar-refractivity contribution in [2.75, 3.05) is 0 Å². The second-order valence-corrected chi connectivity index (χ2v) is 5.13. The van der Waals surface area contributed by atoms with Crippen LogP contribution in [0.15, 0.2) is 54.6 Å². The summed E-state index contributed by atoms with van der Waals surface area (Å²) < 4.78 is 0. The lowest BCUT2D eigenvalue weighted by Gasteiger charge is -2.16. The van der Waals surface area contributed by atoms with Crippen LogP contribution in [0.3, 0.4) is 0 Å². The number of aryl methyl sites for hydroxylation is 2. The zero-order valence-electron chi connectivity index (χ0n) is 12.1. The van der Waals surface area contributed by atoms with Gasteiger partial charge in [0, 0.05) is 6.42 Å². The SMILES string of the molecule is Cc1ccccc1C(C)NC(=O)CCc1ccccc1. The number of rotatable bonds is 5. The maximum absolute atomic E-state index is 12.0. The summed E-state index contributed by atoms with van der Waals surface area (Å²) in [4.78, 5) is 12.0. The first-order valence-corrected chi connectivity index (χ1v) is 7.05. The maximum Gasteiger partial charge on any atom is 0.220 e. The van der Waals surface area contributed by atoms with E-state index in [2.05, 4.69) is 36.5 Å². The molecular weight excluding hydrogens is 246 g/mol. The largest absolute Gasteiger partial charge is 0.350 e. The van der Waals surface area contributed by atoms with E-state index in [1.165, 1.54) is 16.7 Å². The lowest BCUT2D eigenvalue weighted by molar-refractivity contribution is -0.121. The predicted molar refractivity (Wildman–Crippen MR) is 82.5 cm³/mol.